The molecule has 1 unspecified atom stereocenters. The Labute approximate surface area is 222 Å². The number of nitrogens with two attached hydrogens (primary N) is 1. The van der Waals surface area contributed by atoms with Crippen LogP contribution in [0.3, 0.4) is 0 Å². The smallest absolute Gasteiger partial charge is 0.243 e. The predicted molar refractivity (Wildman–Crippen MR) is 139 cm³/mol. The Balaban J connectivity index is 2.57. The van der Waals surface area contributed by atoms with Gasteiger partial charge >= 0.3 is 0 Å². The van der Waals surface area contributed by atoms with Gasteiger partial charge in [-0.25, -0.2) is 0 Å². The van der Waals surface area contributed by atoms with E-state index in [0.717, 1.165) is 5.56 Å². The normalized spacial score (nSPS) is 14.3. The maximum atomic E-state index is 12.6. The maximum absolute atomic E-state index is 12.6. The molecule has 0 aliphatic heterocycles. The second-order valence-corrected chi connectivity index (χ2v) is 9.90. The summed E-state index contributed by atoms with van der Waals surface area (Å²) in [5, 5.41) is 22.4. The van der Waals surface area contributed by atoms with E-state index >= 15 is 0 Å². The summed E-state index contributed by atoms with van der Waals surface area (Å²) in [6, 6.07) is 6.82. The lowest BCUT2D eigenvalue weighted by Crippen LogP contribution is -2.52. The molecular weight excluding hydrogens is 496 g/mol. The van der Waals surface area contributed by atoms with Crippen LogP contribution in [0.25, 0.3) is 0 Å². The van der Waals surface area contributed by atoms with E-state index in [1.54, 1.807) is 45.0 Å². The number of aliphatic hydroxyl groups is 1. The van der Waals surface area contributed by atoms with E-state index in [4.69, 9.17) is 10.5 Å². The minimum Gasteiger partial charge on any atom is -0.366 e. The highest BCUT2D eigenvalue weighted by atomic mass is 16.6. The third kappa shape index (κ3) is 13.7. The Hall–Kier alpha value is -3.55. The SMILES string of the molecule is CNC(=O)CNC(=O)[C@H](Cc1ccccc1)NC(=O)CNC(=O)CNC(=O)[C@@H](N)CC(C)(O)OC(C)(C)C. The number of rotatable bonds is 14. The van der Waals surface area contributed by atoms with E-state index in [1.807, 2.05) is 6.07 Å². The summed E-state index contributed by atoms with van der Waals surface area (Å²) in [6.45, 7) is 5.46. The van der Waals surface area contributed by atoms with Gasteiger partial charge in [-0.3, -0.25) is 24.0 Å². The molecular formula is C25H40N6O7. The van der Waals surface area contributed by atoms with Crippen LogP contribution in [0.15, 0.2) is 30.3 Å². The summed E-state index contributed by atoms with van der Waals surface area (Å²) < 4.78 is 5.48. The van der Waals surface area contributed by atoms with Crippen LogP contribution in [-0.4, -0.2) is 84.8 Å². The van der Waals surface area contributed by atoms with Crippen LogP contribution >= 0.6 is 0 Å². The molecule has 212 valence electrons. The van der Waals surface area contributed by atoms with Crippen LogP contribution in [0.5, 0.6) is 0 Å². The highest BCUT2D eigenvalue weighted by Crippen LogP contribution is 2.21. The van der Waals surface area contributed by atoms with Crippen LogP contribution < -0.4 is 32.3 Å². The molecule has 0 saturated carbocycles. The van der Waals surface area contributed by atoms with Gasteiger partial charge < -0.3 is 42.2 Å². The number of amides is 5. The van der Waals surface area contributed by atoms with E-state index < -0.39 is 66.1 Å². The quantitative estimate of drug-likeness (QED) is 0.133. The third-order valence-corrected chi connectivity index (χ3v) is 4.97. The lowest BCUT2D eigenvalue weighted by atomic mass is 10.1. The topological polar surface area (TPSA) is 201 Å². The van der Waals surface area contributed by atoms with Crippen molar-refractivity contribution in [2.45, 2.75) is 64.0 Å². The lowest BCUT2D eigenvalue weighted by Gasteiger charge is -2.33. The first-order chi connectivity index (χ1) is 17.6. The van der Waals surface area contributed by atoms with Crippen molar-refractivity contribution in [2.24, 2.45) is 5.73 Å². The van der Waals surface area contributed by atoms with Crippen LogP contribution in [0.4, 0.5) is 0 Å². The van der Waals surface area contributed by atoms with Gasteiger partial charge in [0.25, 0.3) is 0 Å². The van der Waals surface area contributed by atoms with Crippen LogP contribution in [0.2, 0.25) is 0 Å². The van der Waals surface area contributed by atoms with E-state index in [-0.39, 0.29) is 19.4 Å². The second kappa shape index (κ2) is 15.0. The van der Waals surface area contributed by atoms with Gasteiger partial charge in [0.05, 0.1) is 31.3 Å². The molecule has 0 aromatic heterocycles. The standard InChI is InChI=1S/C25H40N6O7/c1-24(2,3)38-25(4,37)12-17(26)22(35)29-14-20(33)28-15-21(34)31-18(11-16-9-7-6-8-10-16)23(36)30-13-19(32)27-5/h6-10,17-18,37H,11-15,26H2,1-5H3,(H,27,32)(H,28,33)(H,29,35)(H,30,36)(H,31,34)/t17-,18-,25?/m0/s1. The molecule has 0 aliphatic carbocycles. The third-order valence-electron chi connectivity index (χ3n) is 4.97. The minimum atomic E-state index is -1.65. The first-order valence-electron chi connectivity index (χ1n) is 12.2. The number of hydrogen-bond acceptors (Lipinski definition) is 8. The van der Waals surface area contributed by atoms with Gasteiger partial charge in [0.2, 0.25) is 29.5 Å². The largest absolute Gasteiger partial charge is 0.366 e. The zero-order chi connectivity index (χ0) is 28.9. The molecule has 3 atom stereocenters. The molecule has 0 spiro atoms. The molecule has 13 heteroatoms. The average Bonchev–Trinajstić information content (AvgIpc) is 2.82. The van der Waals surface area contributed by atoms with Crippen molar-refractivity contribution >= 4 is 29.5 Å². The van der Waals surface area contributed by atoms with E-state index in [2.05, 4.69) is 26.6 Å². The first-order valence-corrected chi connectivity index (χ1v) is 12.2. The summed E-state index contributed by atoms with van der Waals surface area (Å²) in [4.78, 5) is 60.8. The molecule has 0 aliphatic rings. The Morgan fingerprint density at radius 2 is 1.42 bits per heavy atom. The van der Waals surface area contributed by atoms with Gasteiger partial charge in [-0.05, 0) is 33.3 Å². The van der Waals surface area contributed by atoms with Crippen LogP contribution in [0, 0.1) is 0 Å². The zero-order valence-corrected chi connectivity index (χ0v) is 22.6. The van der Waals surface area contributed by atoms with Gasteiger partial charge in [-0.1, -0.05) is 30.3 Å². The summed E-state index contributed by atoms with van der Waals surface area (Å²) >= 11 is 0. The number of hydrogen-bond donors (Lipinski definition) is 7. The van der Waals surface area contributed by atoms with E-state index in [9.17, 15) is 29.1 Å². The first kappa shape index (κ1) is 32.5. The van der Waals surface area contributed by atoms with Crippen molar-refractivity contribution in [3.8, 4) is 0 Å². The number of likely N-dealkylation sites (N-methyl/N-ethyl adjacent to an activating group) is 1. The number of ether oxygens (including phenoxy) is 1. The average molecular weight is 537 g/mol. The van der Waals surface area contributed by atoms with Gasteiger partial charge in [-0.2, -0.15) is 0 Å². The van der Waals surface area contributed by atoms with Gasteiger partial charge in [0, 0.05) is 19.9 Å². The fraction of sp³-hybridized carbons (Fsp3) is 0.560. The van der Waals surface area contributed by atoms with Crippen molar-refractivity contribution < 1.29 is 33.8 Å². The molecule has 0 fully saturated rings. The molecule has 13 nitrogen and oxygen atoms in total. The number of nitrogens with one attached hydrogen (secondary N) is 5. The van der Waals surface area contributed by atoms with Gasteiger partial charge in [0.1, 0.15) is 6.04 Å². The molecule has 0 heterocycles. The van der Waals surface area contributed by atoms with Gasteiger partial charge in [-0.15, -0.1) is 0 Å². The Kier molecular flexibility index (Phi) is 12.8. The molecule has 5 amide bonds. The Morgan fingerprint density at radius 1 is 0.868 bits per heavy atom. The summed E-state index contributed by atoms with van der Waals surface area (Å²) in [5.41, 5.74) is 5.94. The number of benzene rings is 1. The van der Waals surface area contributed by atoms with E-state index in [0.29, 0.717) is 0 Å². The molecule has 0 radical (unpaired) electrons. The minimum absolute atomic E-state index is 0.163. The molecule has 0 saturated heterocycles. The predicted octanol–water partition coefficient (Wildman–Crippen LogP) is -1.95. The summed E-state index contributed by atoms with van der Waals surface area (Å²) in [5.74, 6) is -4.61. The molecule has 0 bridgehead atoms. The molecule has 38 heavy (non-hydrogen) atoms. The van der Waals surface area contributed by atoms with Crippen molar-refractivity contribution in [2.75, 3.05) is 26.7 Å². The van der Waals surface area contributed by atoms with Crippen LogP contribution in [-0.2, 0) is 35.1 Å². The Morgan fingerprint density at radius 3 is 2.00 bits per heavy atom. The molecule has 1 aromatic carbocycles. The van der Waals surface area contributed by atoms with Crippen molar-refractivity contribution in [1.29, 1.82) is 0 Å². The highest BCUT2D eigenvalue weighted by molar-refractivity contribution is 5.93. The fourth-order valence-corrected chi connectivity index (χ4v) is 3.43. The Bertz CT molecular complexity index is 963. The van der Waals surface area contributed by atoms with Crippen LogP contribution in [0.1, 0.15) is 39.7 Å². The van der Waals surface area contributed by atoms with E-state index in [1.165, 1.54) is 14.0 Å². The molecule has 8 N–H and O–H groups in total. The molecule has 1 rings (SSSR count). The zero-order valence-electron chi connectivity index (χ0n) is 22.6. The summed E-state index contributed by atoms with van der Waals surface area (Å²) in [7, 11) is 1.43. The fourth-order valence-electron chi connectivity index (χ4n) is 3.43. The maximum Gasteiger partial charge on any atom is 0.243 e. The van der Waals surface area contributed by atoms with Crippen molar-refractivity contribution in [3.05, 3.63) is 35.9 Å². The van der Waals surface area contributed by atoms with Crippen molar-refractivity contribution in [1.82, 2.24) is 26.6 Å². The monoisotopic (exact) mass is 536 g/mol. The second-order valence-electron chi connectivity index (χ2n) is 9.90. The summed E-state index contributed by atoms with van der Waals surface area (Å²) in [6.07, 6.45) is -0.0400. The number of carbonyl (C=O) groups is 5. The lowest BCUT2D eigenvalue weighted by molar-refractivity contribution is -0.246. The van der Waals surface area contributed by atoms with Crippen molar-refractivity contribution in [3.63, 3.8) is 0 Å². The van der Waals surface area contributed by atoms with Gasteiger partial charge in [0.15, 0.2) is 5.79 Å². The highest BCUT2D eigenvalue weighted by Gasteiger charge is 2.32. The number of carbonyl (C=O) groups excluding carboxylic acids is 5. The molecule has 1 aromatic rings.